The molecule has 21 heavy (non-hydrogen) atoms. The van der Waals surface area contributed by atoms with Crippen LogP contribution in [0, 0.1) is 6.92 Å². The predicted octanol–water partition coefficient (Wildman–Crippen LogP) is 3.19. The monoisotopic (exact) mass is 283 g/mol. The molecule has 4 nitrogen and oxygen atoms in total. The third-order valence-electron chi connectivity index (χ3n) is 4.20. The van der Waals surface area contributed by atoms with Crippen LogP contribution in [0.4, 0.5) is 0 Å². The van der Waals surface area contributed by atoms with Crippen LogP contribution in [-0.2, 0) is 6.54 Å². The number of hydrogen-bond acceptors (Lipinski definition) is 2. The van der Waals surface area contributed by atoms with Crippen molar-refractivity contribution in [3.05, 3.63) is 53.3 Å². The molecule has 1 aromatic carbocycles. The van der Waals surface area contributed by atoms with Crippen LogP contribution >= 0.6 is 0 Å². The van der Waals surface area contributed by atoms with Crippen molar-refractivity contribution >= 4 is 5.91 Å². The van der Waals surface area contributed by atoms with E-state index in [4.69, 9.17) is 0 Å². The highest BCUT2D eigenvalue weighted by molar-refractivity contribution is 5.95. The molecule has 0 N–H and O–H groups in total. The summed E-state index contributed by atoms with van der Waals surface area (Å²) >= 11 is 0. The third kappa shape index (κ3) is 2.58. The maximum absolute atomic E-state index is 12.9. The van der Waals surface area contributed by atoms with Crippen molar-refractivity contribution < 1.29 is 4.79 Å². The van der Waals surface area contributed by atoms with Crippen molar-refractivity contribution in [3.8, 4) is 0 Å². The Morgan fingerprint density at radius 3 is 2.76 bits per heavy atom. The lowest BCUT2D eigenvalue weighted by Gasteiger charge is -2.25. The van der Waals surface area contributed by atoms with E-state index in [0.717, 1.165) is 37.2 Å². The smallest absolute Gasteiger partial charge is 0.257 e. The van der Waals surface area contributed by atoms with Gasteiger partial charge >= 0.3 is 0 Å². The molecule has 1 saturated heterocycles. The van der Waals surface area contributed by atoms with Crippen LogP contribution < -0.4 is 0 Å². The van der Waals surface area contributed by atoms with E-state index in [1.807, 2.05) is 47.8 Å². The summed E-state index contributed by atoms with van der Waals surface area (Å²) in [5, 5.41) is 4.39. The number of benzene rings is 1. The highest BCUT2D eigenvalue weighted by Crippen LogP contribution is 2.33. The minimum Gasteiger partial charge on any atom is -0.331 e. The van der Waals surface area contributed by atoms with Gasteiger partial charge in [0.1, 0.15) is 0 Å². The number of carbonyl (C=O) groups is 1. The average Bonchev–Trinajstić information content (AvgIpc) is 3.14. The normalized spacial score (nSPS) is 18.2. The Morgan fingerprint density at radius 1 is 1.33 bits per heavy atom. The van der Waals surface area contributed by atoms with E-state index in [1.54, 1.807) is 0 Å². The van der Waals surface area contributed by atoms with E-state index in [2.05, 4.69) is 17.2 Å². The molecule has 1 aliphatic rings. The van der Waals surface area contributed by atoms with Crippen LogP contribution in [0.1, 0.15) is 47.4 Å². The lowest BCUT2D eigenvalue weighted by atomic mass is 10.0. The molecule has 110 valence electrons. The van der Waals surface area contributed by atoms with E-state index in [-0.39, 0.29) is 11.9 Å². The molecule has 2 heterocycles. The highest BCUT2D eigenvalue weighted by atomic mass is 16.2. The fourth-order valence-corrected chi connectivity index (χ4v) is 3.08. The quantitative estimate of drug-likeness (QED) is 0.867. The van der Waals surface area contributed by atoms with Crippen molar-refractivity contribution in [2.75, 3.05) is 6.54 Å². The molecule has 1 amide bonds. The van der Waals surface area contributed by atoms with E-state index >= 15 is 0 Å². The zero-order chi connectivity index (χ0) is 14.8. The maximum Gasteiger partial charge on any atom is 0.257 e. The molecule has 0 aliphatic carbocycles. The Hall–Kier alpha value is -2.10. The van der Waals surface area contributed by atoms with Gasteiger partial charge in [-0.05, 0) is 32.3 Å². The third-order valence-corrected chi connectivity index (χ3v) is 4.20. The number of hydrogen-bond donors (Lipinski definition) is 0. The van der Waals surface area contributed by atoms with Crippen molar-refractivity contribution in [3.63, 3.8) is 0 Å². The molecule has 0 radical (unpaired) electrons. The molecule has 1 aliphatic heterocycles. The number of likely N-dealkylation sites (tertiary alicyclic amines) is 1. The molecular formula is C17H21N3O. The second-order valence-corrected chi connectivity index (χ2v) is 5.55. The SMILES string of the molecule is CCn1cc(C(=O)N2CCC[C@@H]2c2ccccc2)c(C)n1. The lowest BCUT2D eigenvalue weighted by Crippen LogP contribution is -2.30. The molecule has 0 unspecified atom stereocenters. The summed E-state index contributed by atoms with van der Waals surface area (Å²) in [5.41, 5.74) is 2.78. The zero-order valence-electron chi connectivity index (χ0n) is 12.6. The van der Waals surface area contributed by atoms with Crippen molar-refractivity contribution in [1.29, 1.82) is 0 Å². The average molecular weight is 283 g/mol. The number of rotatable bonds is 3. The molecule has 1 aromatic heterocycles. The van der Waals surface area contributed by atoms with Gasteiger partial charge in [0.15, 0.2) is 0 Å². The van der Waals surface area contributed by atoms with Gasteiger partial charge in [-0.1, -0.05) is 30.3 Å². The summed E-state index contributed by atoms with van der Waals surface area (Å²) in [6.07, 6.45) is 3.97. The van der Waals surface area contributed by atoms with Gasteiger partial charge in [-0.3, -0.25) is 9.48 Å². The fourth-order valence-electron chi connectivity index (χ4n) is 3.08. The molecule has 0 spiro atoms. The molecule has 0 saturated carbocycles. The van der Waals surface area contributed by atoms with Crippen LogP contribution in [0.3, 0.4) is 0 Å². The first-order valence-electron chi connectivity index (χ1n) is 7.60. The number of aromatic nitrogens is 2. The van der Waals surface area contributed by atoms with Gasteiger partial charge in [0.05, 0.1) is 17.3 Å². The van der Waals surface area contributed by atoms with Gasteiger partial charge in [-0.25, -0.2) is 0 Å². The van der Waals surface area contributed by atoms with E-state index in [1.165, 1.54) is 5.56 Å². The topological polar surface area (TPSA) is 38.1 Å². The highest BCUT2D eigenvalue weighted by Gasteiger charge is 2.31. The van der Waals surface area contributed by atoms with Crippen LogP contribution in [-0.4, -0.2) is 27.1 Å². The van der Waals surface area contributed by atoms with Crippen molar-refractivity contribution in [2.24, 2.45) is 0 Å². The summed E-state index contributed by atoms with van der Waals surface area (Å²) in [5.74, 6) is 0.110. The summed E-state index contributed by atoms with van der Waals surface area (Å²) in [6.45, 7) is 5.56. The number of nitrogens with zero attached hydrogens (tertiary/aromatic N) is 3. The van der Waals surface area contributed by atoms with Crippen molar-refractivity contribution in [2.45, 2.75) is 39.3 Å². The first-order chi connectivity index (χ1) is 10.2. The molecule has 1 fully saturated rings. The number of amides is 1. The van der Waals surface area contributed by atoms with Crippen LogP contribution in [0.15, 0.2) is 36.5 Å². The van der Waals surface area contributed by atoms with Gasteiger partial charge in [-0.15, -0.1) is 0 Å². The minimum atomic E-state index is 0.110. The van der Waals surface area contributed by atoms with Gasteiger partial charge < -0.3 is 4.90 Å². The molecule has 2 aromatic rings. The summed E-state index contributed by atoms with van der Waals surface area (Å²) < 4.78 is 1.83. The first-order valence-corrected chi connectivity index (χ1v) is 7.60. The largest absolute Gasteiger partial charge is 0.331 e. The second-order valence-electron chi connectivity index (χ2n) is 5.55. The standard InChI is InChI=1S/C17H21N3O/c1-3-19-12-15(13(2)18-19)17(21)20-11-7-10-16(20)14-8-5-4-6-9-14/h4-6,8-9,12,16H,3,7,10-11H2,1-2H3/t16-/m1/s1. The summed E-state index contributed by atoms with van der Waals surface area (Å²) in [4.78, 5) is 14.9. The Morgan fingerprint density at radius 2 is 2.10 bits per heavy atom. The predicted molar refractivity (Wildman–Crippen MR) is 82.1 cm³/mol. The Kier molecular flexibility index (Phi) is 3.78. The summed E-state index contributed by atoms with van der Waals surface area (Å²) in [7, 11) is 0. The Labute approximate surface area is 125 Å². The van der Waals surface area contributed by atoms with Crippen molar-refractivity contribution in [1.82, 2.24) is 14.7 Å². The molecule has 3 rings (SSSR count). The van der Waals surface area contributed by atoms with Gasteiger partial charge in [0.2, 0.25) is 0 Å². The van der Waals surface area contributed by atoms with Gasteiger partial charge in [0.25, 0.3) is 5.91 Å². The van der Waals surface area contributed by atoms with Crippen LogP contribution in [0.2, 0.25) is 0 Å². The Balaban J connectivity index is 1.88. The van der Waals surface area contributed by atoms with E-state index in [9.17, 15) is 4.79 Å². The number of aryl methyl sites for hydroxylation is 2. The van der Waals surface area contributed by atoms with Gasteiger partial charge in [0, 0.05) is 19.3 Å². The lowest BCUT2D eigenvalue weighted by molar-refractivity contribution is 0.0735. The fraction of sp³-hybridized carbons (Fsp3) is 0.412. The Bertz CT molecular complexity index is 633. The van der Waals surface area contributed by atoms with E-state index < -0.39 is 0 Å². The van der Waals surface area contributed by atoms with Gasteiger partial charge in [-0.2, -0.15) is 5.10 Å². The summed E-state index contributed by atoms with van der Waals surface area (Å²) in [6, 6.07) is 10.5. The van der Waals surface area contributed by atoms with Crippen LogP contribution in [0.25, 0.3) is 0 Å². The maximum atomic E-state index is 12.9. The second kappa shape index (κ2) is 5.72. The molecule has 0 bridgehead atoms. The molecule has 4 heteroatoms. The van der Waals surface area contributed by atoms with Crippen LogP contribution in [0.5, 0.6) is 0 Å². The first kappa shape index (κ1) is 13.9. The molecular weight excluding hydrogens is 262 g/mol. The zero-order valence-corrected chi connectivity index (χ0v) is 12.6. The van der Waals surface area contributed by atoms with E-state index in [0.29, 0.717) is 0 Å². The number of carbonyl (C=O) groups excluding carboxylic acids is 1. The minimum absolute atomic E-state index is 0.110. The molecule has 1 atom stereocenters.